The van der Waals surface area contributed by atoms with Crippen molar-refractivity contribution in [2.45, 2.75) is 27.2 Å². The minimum atomic E-state index is -3.51. The van der Waals surface area contributed by atoms with Gasteiger partial charge in [0.2, 0.25) is 10.0 Å². The number of fused-ring (bicyclic) bond motifs is 1. The van der Waals surface area contributed by atoms with E-state index in [1.54, 1.807) is 26.1 Å². The van der Waals surface area contributed by atoms with E-state index in [9.17, 15) is 8.42 Å². The minimum absolute atomic E-state index is 0.100. The van der Waals surface area contributed by atoms with Crippen molar-refractivity contribution in [3.63, 3.8) is 0 Å². The van der Waals surface area contributed by atoms with Crippen LogP contribution in [0.25, 0.3) is 10.9 Å². The average Bonchev–Trinajstić information content (AvgIpc) is 2.91. The number of nitrogens with one attached hydrogen (secondary N) is 2. The number of rotatable bonds is 5. The van der Waals surface area contributed by atoms with Gasteiger partial charge >= 0.3 is 0 Å². The SMILES string of the molecule is Cc1ccc(NS(=O)(=O)CCC(C)(C)C#N)c2[nH]ncc12. The van der Waals surface area contributed by atoms with Gasteiger partial charge in [-0.1, -0.05) is 6.07 Å². The maximum absolute atomic E-state index is 12.2. The van der Waals surface area contributed by atoms with Crippen molar-refractivity contribution < 1.29 is 8.42 Å². The highest BCUT2D eigenvalue weighted by atomic mass is 32.2. The first-order chi connectivity index (χ1) is 9.74. The molecule has 0 bridgehead atoms. The van der Waals surface area contributed by atoms with E-state index in [-0.39, 0.29) is 12.2 Å². The van der Waals surface area contributed by atoms with E-state index in [1.165, 1.54) is 0 Å². The third-order valence-electron chi connectivity index (χ3n) is 3.40. The second-order valence-electron chi connectivity index (χ2n) is 5.76. The van der Waals surface area contributed by atoms with Crippen molar-refractivity contribution in [3.8, 4) is 6.07 Å². The summed E-state index contributed by atoms with van der Waals surface area (Å²) in [4.78, 5) is 0. The average molecular weight is 306 g/mol. The number of nitrogens with zero attached hydrogens (tertiary/aromatic N) is 2. The number of aromatic amines is 1. The Balaban J connectivity index is 2.22. The second-order valence-corrected chi connectivity index (χ2v) is 7.60. The van der Waals surface area contributed by atoms with E-state index >= 15 is 0 Å². The molecule has 0 saturated carbocycles. The van der Waals surface area contributed by atoms with Crippen LogP contribution in [0.4, 0.5) is 5.69 Å². The van der Waals surface area contributed by atoms with E-state index < -0.39 is 15.4 Å². The topological polar surface area (TPSA) is 98.6 Å². The number of hydrogen-bond donors (Lipinski definition) is 2. The van der Waals surface area contributed by atoms with Crippen LogP contribution in [-0.4, -0.2) is 24.4 Å². The van der Waals surface area contributed by atoms with Crippen LogP contribution in [0.5, 0.6) is 0 Å². The van der Waals surface area contributed by atoms with E-state index in [0.717, 1.165) is 10.9 Å². The van der Waals surface area contributed by atoms with Gasteiger partial charge in [0.1, 0.15) is 0 Å². The highest BCUT2D eigenvalue weighted by molar-refractivity contribution is 7.92. The smallest absolute Gasteiger partial charge is 0.232 e. The number of aromatic nitrogens is 2. The van der Waals surface area contributed by atoms with Gasteiger partial charge in [-0.3, -0.25) is 9.82 Å². The Bertz CT molecular complexity index is 800. The number of hydrogen-bond acceptors (Lipinski definition) is 4. The van der Waals surface area contributed by atoms with E-state index in [1.807, 2.05) is 13.0 Å². The zero-order valence-corrected chi connectivity index (χ0v) is 13.1. The predicted molar refractivity (Wildman–Crippen MR) is 82.3 cm³/mol. The maximum Gasteiger partial charge on any atom is 0.232 e. The molecule has 1 aromatic heterocycles. The largest absolute Gasteiger partial charge is 0.281 e. The molecule has 0 aliphatic carbocycles. The molecule has 0 radical (unpaired) electrons. The van der Waals surface area contributed by atoms with E-state index in [0.29, 0.717) is 11.2 Å². The molecule has 112 valence electrons. The predicted octanol–water partition coefficient (Wildman–Crippen LogP) is 2.55. The molecule has 2 rings (SSSR count). The highest BCUT2D eigenvalue weighted by Crippen LogP contribution is 2.26. The molecule has 7 heteroatoms. The van der Waals surface area contributed by atoms with Gasteiger partial charge < -0.3 is 0 Å². The Hall–Kier alpha value is -2.07. The lowest BCUT2D eigenvalue weighted by molar-refractivity contribution is 0.474. The fourth-order valence-electron chi connectivity index (χ4n) is 1.92. The van der Waals surface area contributed by atoms with E-state index in [4.69, 9.17) is 5.26 Å². The van der Waals surface area contributed by atoms with E-state index in [2.05, 4.69) is 21.0 Å². The molecular weight excluding hydrogens is 288 g/mol. The van der Waals surface area contributed by atoms with Gasteiger partial charge in [-0.15, -0.1) is 0 Å². The molecule has 6 nitrogen and oxygen atoms in total. The van der Waals surface area contributed by atoms with Gasteiger partial charge in [0.05, 0.1) is 34.6 Å². The normalized spacial score (nSPS) is 12.3. The highest BCUT2D eigenvalue weighted by Gasteiger charge is 2.22. The van der Waals surface area contributed by atoms with Crippen molar-refractivity contribution in [3.05, 3.63) is 23.9 Å². The quantitative estimate of drug-likeness (QED) is 0.886. The number of H-pyrrole nitrogens is 1. The first-order valence-corrected chi connectivity index (χ1v) is 8.24. The number of aryl methyl sites for hydroxylation is 1. The lowest BCUT2D eigenvalue weighted by Gasteiger charge is -2.15. The van der Waals surface area contributed by atoms with Gasteiger partial charge in [-0.2, -0.15) is 10.4 Å². The van der Waals surface area contributed by atoms with Crippen molar-refractivity contribution >= 4 is 26.6 Å². The lowest BCUT2D eigenvalue weighted by Crippen LogP contribution is -2.21. The second kappa shape index (κ2) is 5.37. The summed E-state index contributed by atoms with van der Waals surface area (Å²) in [5.41, 5.74) is 1.50. The van der Waals surface area contributed by atoms with Crippen LogP contribution >= 0.6 is 0 Å². The Morgan fingerprint density at radius 3 is 2.81 bits per heavy atom. The van der Waals surface area contributed by atoms with Crippen LogP contribution in [0.2, 0.25) is 0 Å². The summed E-state index contributed by atoms with van der Waals surface area (Å²) in [6, 6.07) is 5.66. The summed E-state index contributed by atoms with van der Waals surface area (Å²) in [5, 5.41) is 16.6. The van der Waals surface area contributed by atoms with Crippen LogP contribution in [0.15, 0.2) is 18.3 Å². The van der Waals surface area contributed by atoms with Gasteiger partial charge in [0, 0.05) is 5.39 Å². The summed E-state index contributed by atoms with van der Waals surface area (Å²) in [6.07, 6.45) is 1.94. The third kappa shape index (κ3) is 3.52. The summed E-state index contributed by atoms with van der Waals surface area (Å²) in [7, 11) is -3.51. The van der Waals surface area contributed by atoms with Crippen LogP contribution in [0, 0.1) is 23.7 Å². The molecule has 0 aliphatic heterocycles. The van der Waals surface area contributed by atoms with Crippen LogP contribution in [0.3, 0.4) is 0 Å². The van der Waals surface area contributed by atoms with Crippen LogP contribution in [0.1, 0.15) is 25.8 Å². The summed E-state index contributed by atoms with van der Waals surface area (Å²) in [5.74, 6) is -0.100. The van der Waals surface area contributed by atoms with Gasteiger partial charge in [0.25, 0.3) is 0 Å². The number of sulfonamides is 1. The number of nitriles is 1. The van der Waals surface area contributed by atoms with Crippen molar-refractivity contribution in [2.75, 3.05) is 10.5 Å². The number of benzene rings is 1. The van der Waals surface area contributed by atoms with Crippen LogP contribution < -0.4 is 4.72 Å². The van der Waals surface area contributed by atoms with Gasteiger partial charge in [-0.05, 0) is 38.8 Å². The Morgan fingerprint density at radius 2 is 2.14 bits per heavy atom. The Morgan fingerprint density at radius 1 is 1.43 bits per heavy atom. The number of anilines is 1. The van der Waals surface area contributed by atoms with Crippen molar-refractivity contribution in [1.29, 1.82) is 5.26 Å². The molecule has 2 N–H and O–H groups in total. The molecule has 0 atom stereocenters. The molecule has 0 saturated heterocycles. The standard InChI is InChI=1S/C14H18N4O2S/c1-10-4-5-12(13-11(10)8-16-17-13)18-21(19,20)7-6-14(2,3)9-15/h4-5,8,18H,6-7H2,1-3H3,(H,16,17). The zero-order valence-electron chi connectivity index (χ0n) is 12.3. The summed E-state index contributed by atoms with van der Waals surface area (Å²) >= 11 is 0. The monoisotopic (exact) mass is 306 g/mol. The Labute approximate surface area is 124 Å². The molecule has 0 unspecified atom stereocenters. The molecule has 2 aromatic rings. The zero-order chi connectivity index (χ0) is 15.7. The first-order valence-electron chi connectivity index (χ1n) is 6.58. The minimum Gasteiger partial charge on any atom is -0.281 e. The molecule has 0 aliphatic rings. The fourth-order valence-corrected chi connectivity index (χ4v) is 3.31. The van der Waals surface area contributed by atoms with Crippen molar-refractivity contribution in [2.24, 2.45) is 5.41 Å². The fraction of sp³-hybridized carbons (Fsp3) is 0.429. The Kier molecular flexibility index (Phi) is 3.92. The molecule has 0 fully saturated rings. The summed E-state index contributed by atoms with van der Waals surface area (Å²) < 4.78 is 26.9. The molecule has 21 heavy (non-hydrogen) atoms. The molecule has 1 heterocycles. The third-order valence-corrected chi connectivity index (χ3v) is 4.67. The molecule has 0 amide bonds. The maximum atomic E-state index is 12.2. The van der Waals surface area contributed by atoms with Gasteiger partial charge in [-0.25, -0.2) is 8.42 Å². The van der Waals surface area contributed by atoms with Crippen LogP contribution in [-0.2, 0) is 10.0 Å². The summed E-state index contributed by atoms with van der Waals surface area (Å²) in [6.45, 7) is 5.38. The molecule has 0 spiro atoms. The lowest BCUT2D eigenvalue weighted by atomic mass is 9.93. The molecule has 1 aromatic carbocycles. The van der Waals surface area contributed by atoms with Crippen molar-refractivity contribution in [1.82, 2.24) is 10.2 Å². The first kappa shape index (κ1) is 15.3. The molecular formula is C14H18N4O2S. The van der Waals surface area contributed by atoms with Gasteiger partial charge in [0.15, 0.2) is 0 Å².